The Morgan fingerprint density at radius 1 is 1.25 bits per heavy atom. The third-order valence-electron chi connectivity index (χ3n) is 2.72. The van der Waals surface area contributed by atoms with Gasteiger partial charge in [0.15, 0.2) is 6.61 Å². The molecule has 1 aliphatic carbocycles. The quantitative estimate of drug-likeness (QED) is 0.755. The van der Waals surface area contributed by atoms with Crippen LogP contribution in [0.4, 0.5) is 5.69 Å². The lowest BCUT2D eigenvalue weighted by Gasteiger charge is -2.06. The summed E-state index contributed by atoms with van der Waals surface area (Å²) >= 11 is 0. The van der Waals surface area contributed by atoms with E-state index in [0.29, 0.717) is 5.69 Å². The minimum atomic E-state index is -3.75. The van der Waals surface area contributed by atoms with Crippen LogP contribution in [0.1, 0.15) is 12.8 Å². The minimum Gasteiger partial charge on any atom is -0.455 e. The van der Waals surface area contributed by atoms with Crippen molar-refractivity contribution in [2.75, 3.05) is 11.9 Å². The fourth-order valence-electron chi connectivity index (χ4n) is 1.50. The highest BCUT2D eigenvalue weighted by atomic mass is 32.2. The molecule has 1 aliphatic rings. The SMILES string of the molecule is NS(=O)(=O)c1ccc(NC(=O)COC(=O)C2CC2)cc1. The number of amides is 1. The van der Waals surface area contributed by atoms with Gasteiger partial charge in [0.25, 0.3) is 5.91 Å². The van der Waals surface area contributed by atoms with Gasteiger partial charge in [-0.15, -0.1) is 0 Å². The molecule has 0 bridgehead atoms. The fraction of sp³-hybridized carbons (Fsp3) is 0.333. The van der Waals surface area contributed by atoms with Gasteiger partial charge >= 0.3 is 5.97 Å². The molecule has 3 N–H and O–H groups in total. The van der Waals surface area contributed by atoms with E-state index in [1.165, 1.54) is 24.3 Å². The third kappa shape index (κ3) is 4.04. The van der Waals surface area contributed by atoms with Gasteiger partial charge in [0.2, 0.25) is 10.0 Å². The molecule has 8 heteroatoms. The molecule has 7 nitrogen and oxygen atoms in total. The molecule has 1 fully saturated rings. The smallest absolute Gasteiger partial charge is 0.309 e. The molecular weight excluding hydrogens is 284 g/mol. The normalized spacial score (nSPS) is 14.7. The number of sulfonamides is 1. The van der Waals surface area contributed by atoms with Gasteiger partial charge in [0.1, 0.15) is 0 Å². The fourth-order valence-corrected chi connectivity index (χ4v) is 2.01. The number of nitrogens with two attached hydrogens (primary N) is 1. The van der Waals surface area contributed by atoms with Gasteiger partial charge in [0, 0.05) is 5.69 Å². The molecule has 1 aromatic carbocycles. The predicted molar refractivity (Wildman–Crippen MR) is 70.1 cm³/mol. The molecule has 0 aliphatic heterocycles. The molecular formula is C12H14N2O5S. The van der Waals surface area contributed by atoms with Gasteiger partial charge < -0.3 is 10.1 Å². The van der Waals surface area contributed by atoms with E-state index < -0.39 is 15.9 Å². The number of hydrogen-bond acceptors (Lipinski definition) is 5. The first-order chi connectivity index (χ1) is 9.36. The molecule has 0 atom stereocenters. The average Bonchev–Trinajstić information content (AvgIpc) is 3.20. The van der Waals surface area contributed by atoms with Gasteiger partial charge in [-0.05, 0) is 37.1 Å². The van der Waals surface area contributed by atoms with Crippen molar-refractivity contribution in [1.82, 2.24) is 0 Å². The average molecular weight is 298 g/mol. The minimum absolute atomic E-state index is 0.0457. The van der Waals surface area contributed by atoms with Crippen molar-refractivity contribution in [3.8, 4) is 0 Å². The zero-order valence-electron chi connectivity index (χ0n) is 10.5. The monoisotopic (exact) mass is 298 g/mol. The van der Waals surface area contributed by atoms with Crippen LogP contribution in [0, 0.1) is 5.92 Å². The van der Waals surface area contributed by atoms with Crippen LogP contribution in [0.3, 0.4) is 0 Å². The van der Waals surface area contributed by atoms with E-state index in [4.69, 9.17) is 9.88 Å². The van der Waals surface area contributed by atoms with Crippen LogP contribution >= 0.6 is 0 Å². The number of carbonyl (C=O) groups excluding carboxylic acids is 2. The van der Waals surface area contributed by atoms with Crippen molar-refractivity contribution < 1.29 is 22.7 Å². The number of esters is 1. The summed E-state index contributed by atoms with van der Waals surface area (Å²) in [6.45, 7) is -0.355. The van der Waals surface area contributed by atoms with Crippen molar-refractivity contribution >= 4 is 27.6 Å². The highest BCUT2D eigenvalue weighted by Gasteiger charge is 2.31. The maximum Gasteiger partial charge on any atom is 0.309 e. The number of nitrogens with one attached hydrogen (secondary N) is 1. The highest BCUT2D eigenvalue weighted by Crippen LogP contribution is 2.29. The first kappa shape index (κ1) is 14.5. The van der Waals surface area contributed by atoms with E-state index in [9.17, 15) is 18.0 Å². The van der Waals surface area contributed by atoms with Crippen molar-refractivity contribution in [3.05, 3.63) is 24.3 Å². The lowest BCUT2D eigenvalue weighted by atomic mass is 10.3. The first-order valence-electron chi connectivity index (χ1n) is 5.95. The molecule has 20 heavy (non-hydrogen) atoms. The Hall–Kier alpha value is -1.93. The number of carbonyl (C=O) groups is 2. The van der Waals surface area contributed by atoms with E-state index in [1.807, 2.05) is 0 Å². The van der Waals surface area contributed by atoms with Gasteiger partial charge in [-0.3, -0.25) is 9.59 Å². The largest absolute Gasteiger partial charge is 0.455 e. The maximum atomic E-state index is 11.5. The molecule has 0 unspecified atom stereocenters. The second-order valence-electron chi connectivity index (χ2n) is 4.50. The molecule has 1 aromatic rings. The molecule has 2 rings (SSSR count). The number of hydrogen-bond donors (Lipinski definition) is 2. The molecule has 0 aromatic heterocycles. The van der Waals surface area contributed by atoms with Crippen LogP contribution in [0.15, 0.2) is 29.2 Å². The van der Waals surface area contributed by atoms with Crippen LogP contribution < -0.4 is 10.5 Å². The zero-order valence-corrected chi connectivity index (χ0v) is 11.4. The number of anilines is 1. The molecule has 1 saturated carbocycles. The number of ether oxygens (including phenoxy) is 1. The number of rotatable bonds is 5. The third-order valence-corrected chi connectivity index (χ3v) is 3.65. The van der Waals surface area contributed by atoms with Crippen LogP contribution in [-0.2, 0) is 24.3 Å². The van der Waals surface area contributed by atoms with Gasteiger partial charge in [-0.25, -0.2) is 13.6 Å². The second-order valence-corrected chi connectivity index (χ2v) is 6.06. The summed E-state index contributed by atoms with van der Waals surface area (Å²) in [4.78, 5) is 22.7. The topological polar surface area (TPSA) is 116 Å². The van der Waals surface area contributed by atoms with Gasteiger partial charge in [0.05, 0.1) is 10.8 Å². The number of benzene rings is 1. The van der Waals surface area contributed by atoms with Crippen molar-refractivity contribution in [2.24, 2.45) is 11.1 Å². The van der Waals surface area contributed by atoms with Crippen LogP contribution in [0.2, 0.25) is 0 Å². The molecule has 0 radical (unpaired) electrons. The molecule has 0 spiro atoms. The molecule has 108 valence electrons. The Morgan fingerprint density at radius 3 is 2.35 bits per heavy atom. The van der Waals surface area contributed by atoms with Crippen molar-refractivity contribution in [1.29, 1.82) is 0 Å². The highest BCUT2D eigenvalue weighted by molar-refractivity contribution is 7.89. The summed E-state index contributed by atoms with van der Waals surface area (Å²) in [6, 6.07) is 5.36. The van der Waals surface area contributed by atoms with Crippen LogP contribution in [-0.4, -0.2) is 26.9 Å². The lowest BCUT2D eigenvalue weighted by molar-refractivity contribution is -0.148. The van der Waals surface area contributed by atoms with E-state index in [1.54, 1.807) is 0 Å². The molecule has 0 heterocycles. The van der Waals surface area contributed by atoms with Crippen LogP contribution in [0.25, 0.3) is 0 Å². The Kier molecular flexibility index (Phi) is 4.05. The van der Waals surface area contributed by atoms with Crippen molar-refractivity contribution in [2.45, 2.75) is 17.7 Å². The first-order valence-corrected chi connectivity index (χ1v) is 7.50. The number of primary sulfonamides is 1. The standard InChI is InChI=1S/C12H14N2O5S/c13-20(17,18)10-5-3-9(4-6-10)14-11(15)7-19-12(16)8-1-2-8/h3-6,8H,1-2,7H2,(H,14,15)(H2,13,17,18). The molecule has 0 saturated heterocycles. The summed E-state index contributed by atoms with van der Waals surface area (Å²) in [5, 5.41) is 7.43. The summed E-state index contributed by atoms with van der Waals surface area (Å²) in [5.74, 6) is -0.899. The predicted octanol–water partition coefficient (Wildman–Crippen LogP) is 0.226. The zero-order chi connectivity index (χ0) is 14.8. The van der Waals surface area contributed by atoms with Gasteiger partial charge in [-0.1, -0.05) is 0 Å². The van der Waals surface area contributed by atoms with Gasteiger partial charge in [-0.2, -0.15) is 0 Å². The maximum absolute atomic E-state index is 11.5. The summed E-state index contributed by atoms with van der Waals surface area (Å²) < 4.78 is 26.9. The summed E-state index contributed by atoms with van der Waals surface area (Å²) in [7, 11) is -3.75. The van der Waals surface area contributed by atoms with Crippen LogP contribution in [0.5, 0.6) is 0 Å². The molecule has 1 amide bonds. The second kappa shape index (κ2) is 5.59. The van der Waals surface area contributed by atoms with Crippen molar-refractivity contribution in [3.63, 3.8) is 0 Å². The Morgan fingerprint density at radius 2 is 1.85 bits per heavy atom. The summed E-state index contributed by atoms with van der Waals surface area (Å²) in [6.07, 6.45) is 1.63. The van der Waals surface area contributed by atoms with E-state index >= 15 is 0 Å². The lowest BCUT2D eigenvalue weighted by Crippen LogP contribution is -2.21. The van der Waals surface area contributed by atoms with E-state index in [0.717, 1.165) is 12.8 Å². The van der Waals surface area contributed by atoms with E-state index in [-0.39, 0.29) is 23.4 Å². The Labute approximate surface area is 116 Å². The Balaban J connectivity index is 1.86. The Bertz CT molecular complexity index is 620. The summed E-state index contributed by atoms with van der Waals surface area (Å²) in [5.41, 5.74) is 0.393. The van der Waals surface area contributed by atoms with E-state index in [2.05, 4.69) is 5.32 Å².